The highest BCUT2D eigenvalue weighted by Gasteiger charge is 2.65. The van der Waals surface area contributed by atoms with Crippen molar-refractivity contribution < 1.29 is 32.9 Å². The minimum atomic E-state index is -4.20. The molecule has 4 saturated carbocycles. The van der Waals surface area contributed by atoms with Gasteiger partial charge >= 0.3 is 6.09 Å². The summed E-state index contributed by atoms with van der Waals surface area (Å²) in [6.07, 6.45) is 7.51. The normalized spacial score (nSPS) is 39.4. The first-order valence-corrected chi connectivity index (χ1v) is 18.2. The summed E-state index contributed by atoms with van der Waals surface area (Å²) in [5, 5.41) is 22.2. The Morgan fingerprint density at radius 3 is 2.39 bits per heavy atom. The molecule has 0 aliphatic heterocycles. The van der Waals surface area contributed by atoms with Gasteiger partial charge in [-0.1, -0.05) is 34.1 Å². The van der Waals surface area contributed by atoms with Crippen LogP contribution in [0.15, 0.2) is 23.4 Å². The van der Waals surface area contributed by atoms with E-state index in [-0.39, 0.29) is 52.4 Å². The summed E-state index contributed by atoms with van der Waals surface area (Å²) in [4.78, 5) is 16.6. The molecule has 0 bridgehead atoms. The van der Waals surface area contributed by atoms with Gasteiger partial charge in [-0.25, -0.2) is 14.5 Å². The average Bonchev–Trinajstić information content (AvgIpc) is 3.29. The maximum Gasteiger partial charge on any atom is 0.421 e. The highest BCUT2D eigenvalue weighted by Crippen LogP contribution is 2.69. The molecule has 0 aromatic carbocycles. The number of hydrogen-bond acceptors (Lipinski definition) is 8. The zero-order valence-electron chi connectivity index (χ0n) is 27.6. The first kappa shape index (κ1) is 33.5. The molecule has 248 valence electrons. The smallest absolute Gasteiger partial charge is 0.421 e. The van der Waals surface area contributed by atoms with Crippen LogP contribution in [0.1, 0.15) is 99.8 Å². The fraction of sp³-hybridized carbons (Fsp3) is 0.824. The van der Waals surface area contributed by atoms with Crippen molar-refractivity contribution in [1.29, 1.82) is 0 Å². The number of hydrogen-bond donors (Lipinski definition) is 3. The Bertz CT molecular complexity index is 1300. The van der Waals surface area contributed by atoms with Crippen LogP contribution in [0.2, 0.25) is 0 Å². The number of rotatable bonds is 7. The molecule has 0 radical (unpaired) electrons. The summed E-state index contributed by atoms with van der Waals surface area (Å²) in [5.74, 6) is 2.45. The molecule has 0 spiro atoms. The number of nitrogens with zero attached hydrogens (tertiary/aromatic N) is 1. The summed E-state index contributed by atoms with van der Waals surface area (Å²) >= 11 is 0. The van der Waals surface area contributed by atoms with E-state index in [2.05, 4.69) is 32.7 Å². The lowest BCUT2D eigenvalue weighted by molar-refractivity contribution is -0.203. The van der Waals surface area contributed by atoms with Gasteiger partial charge in [0.1, 0.15) is 11.4 Å². The highest BCUT2D eigenvalue weighted by atomic mass is 32.2. The molecule has 1 amide bonds. The van der Waals surface area contributed by atoms with E-state index in [0.29, 0.717) is 29.4 Å². The van der Waals surface area contributed by atoms with Gasteiger partial charge in [0.2, 0.25) is 0 Å². The van der Waals surface area contributed by atoms with Crippen molar-refractivity contribution >= 4 is 16.1 Å². The summed E-state index contributed by atoms with van der Waals surface area (Å²) in [6.45, 7) is 14.9. The second-order valence-corrected chi connectivity index (χ2v) is 17.5. The van der Waals surface area contributed by atoms with Crippen LogP contribution in [-0.4, -0.2) is 54.1 Å². The molecule has 4 fully saturated rings. The van der Waals surface area contributed by atoms with Crippen molar-refractivity contribution in [3.8, 4) is 5.75 Å². The van der Waals surface area contributed by atoms with Crippen molar-refractivity contribution in [3.05, 3.63) is 18.3 Å². The summed E-state index contributed by atoms with van der Waals surface area (Å²) in [6, 6.07) is 2.81. The monoisotopic (exact) mass is 634 g/mol. The predicted octanol–water partition coefficient (Wildman–Crippen LogP) is 5.94. The molecule has 44 heavy (non-hydrogen) atoms. The third-order valence-corrected chi connectivity index (χ3v) is 13.5. The molecule has 0 unspecified atom stereocenters. The van der Waals surface area contributed by atoms with Crippen LogP contribution < -0.4 is 9.46 Å². The minimum Gasteiger partial charge on any atom is -0.487 e. The number of carbonyl (C=O) groups excluding carboxylic acids is 1. The Balaban J connectivity index is 1.22. The van der Waals surface area contributed by atoms with Gasteiger partial charge in [0, 0.05) is 0 Å². The molecule has 1 aromatic rings. The molecule has 9 nitrogen and oxygen atoms in total. The van der Waals surface area contributed by atoms with E-state index in [4.69, 9.17) is 9.47 Å². The zero-order valence-corrected chi connectivity index (χ0v) is 28.4. The van der Waals surface area contributed by atoms with E-state index in [1.165, 1.54) is 18.3 Å². The van der Waals surface area contributed by atoms with Gasteiger partial charge in [-0.05, 0) is 130 Å². The van der Waals surface area contributed by atoms with Gasteiger partial charge in [0.05, 0.1) is 25.0 Å². The SMILES string of the molecule is CC[C@H]1[C@@H](O)[C@@H]2[C@H](CC[C@]3(C)[C@@H]([C@H](C)COC(=O)NS(=O)(=O)c4ccc(OC(C)(C)C)cn4)CC[C@@H]23)[C@@]2(C)CC[C@@H](O)C[C@@H]12. The van der Waals surface area contributed by atoms with E-state index in [1.807, 2.05) is 25.5 Å². The van der Waals surface area contributed by atoms with Crippen LogP contribution >= 0.6 is 0 Å². The minimum absolute atomic E-state index is 0.0178. The fourth-order valence-corrected chi connectivity index (χ4v) is 11.2. The Morgan fingerprint density at radius 2 is 1.75 bits per heavy atom. The van der Waals surface area contributed by atoms with E-state index in [9.17, 15) is 23.4 Å². The summed E-state index contributed by atoms with van der Waals surface area (Å²) < 4.78 is 38.8. The number of aliphatic hydroxyl groups is 2. The largest absolute Gasteiger partial charge is 0.487 e. The maximum atomic E-state index is 12.8. The Labute approximate surface area is 263 Å². The number of ether oxygens (including phenoxy) is 2. The van der Waals surface area contributed by atoms with Crippen molar-refractivity contribution in [2.75, 3.05) is 6.61 Å². The Kier molecular flexibility index (Phi) is 9.15. The van der Waals surface area contributed by atoms with Gasteiger partial charge in [0.25, 0.3) is 10.0 Å². The molecule has 5 rings (SSSR count). The van der Waals surface area contributed by atoms with Gasteiger partial charge in [-0.3, -0.25) is 0 Å². The molecular formula is C34H54N2O7S. The molecule has 10 heteroatoms. The lowest BCUT2D eigenvalue weighted by Gasteiger charge is -2.64. The molecular weight excluding hydrogens is 580 g/mol. The topological polar surface area (TPSA) is 135 Å². The van der Waals surface area contributed by atoms with Gasteiger partial charge < -0.3 is 19.7 Å². The number of aliphatic hydroxyl groups excluding tert-OH is 2. The lowest BCUT2D eigenvalue weighted by Crippen LogP contribution is -2.62. The molecule has 4 aliphatic rings. The number of carbonyl (C=O) groups is 1. The highest BCUT2D eigenvalue weighted by molar-refractivity contribution is 7.90. The van der Waals surface area contributed by atoms with Gasteiger partial charge in [-0.2, -0.15) is 8.42 Å². The number of amides is 1. The first-order chi connectivity index (χ1) is 20.5. The molecule has 1 aromatic heterocycles. The van der Waals surface area contributed by atoms with Crippen molar-refractivity contribution in [2.24, 2.45) is 52.3 Å². The van der Waals surface area contributed by atoms with Crippen molar-refractivity contribution in [2.45, 2.75) is 123 Å². The van der Waals surface area contributed by atoms with Gasteiger partial charge in [0.15, 0.2) is 5.03 Å². The van der Waals surface area contributed by atoms with Crippen molar-refractivity contribution in [3.63, 3.8) is 0 Å². The zero-order chi connectivity index (χ0) is 32.2. The number of pyridine rings is 1. The Hall–Kier alpha value is -1.91. The lowest BCUT2D eigenvalue weighted by atomic mass is 9.41. The number of fused-ring (bicyclic) bond motifs is 5. The van der Waals surface area contributed by atoms with Crippen LogP contribution in [0.3, 0.4) is 0 Å². The molecule has 1 heterocycles. The molecule has 4 aliphatic carbocycles. The first-order valence-electron chi connectivity index (χ1n) is 16.7. The van der Waals surface area contributed by atoms with E-state index in [1.54, 1.807) is 0 Å². The standard InChI is InChI=1S/C34H54N2O7S/c1-8-23-27-17-21(37)13-15-34(27,7)26-14-16-33(6)24(10-11-25(33)29(26)30(23)38)20(2)19-42-31(39)36-44(40,41)28-12-9-22(18-35-28)43-32(3,4)5/h9,12,18,20-21,23-27,29-30,37-38H,8,10-11,13-17,19H2,1-7H3,(H,36,39)/t20-,21-,23-,24-,25+,26+,27+,29+,30-,33-,34-/m1/s1. The number of nitrogens with one attached hydrogen (secondary N) is 1. The molecule has 0 saturated heterocycles. The van der Waals surface area contributed by atoms with E-state index in [0.717, 1.165) is 51.4 Å². The fourth-order valence-electron chi connectivity index (χ4n) is 10.4. The van der Waals surface area contributed by atoms with E-state index >= 15 is 0 Å². The van der Waals surface area contributed by atoms with Gasteiger partial charge in [-0.15, -0.1) is 0 Å². The van der Waals surface area contributed by atoms with Crippen LogP contribution in [0.25, 0.3) is 0 Å². The average molecular weight is 635 g/mol. The van der Waals surface area contributed by atoms with Crippen LogP contribution in [0.5, 0.6) is 5.75 Å². The molecule has 3 N–H and O–H groups in total. The van der Waals surface area contributed by atoms with Crippen LogP contribution in [0, 0.1) is 52.3 Å². The predicted molar refractivity (Wildman–Crippen MR) is 167 cm³/mol. The number of aromatic nitrogens is 1. The third-order valence-electron chi connectivity index (χ3n) is 12.3. The van der Waals surface area contributed by atoms with Crippen LogP contribution in [-0.2, 0) is 14.8 Å². The second kappa shape index (κ2) is 12.0. The third kappa shape index (κ3) is 6.11. The molecule has 11 atom stereocenters. The van der Waals surface area contributed by atoms with Crippen molar-refractivity contribution in [1.82, 2.24) is 9.71 Å². The summed E-state index contributed by atoms with van der Waals surface area (Å²) in [7, 11) is -4.20. The van der Waals surface area contributed by atoms with Crippen LogP contribution in [0.4, 0.5) is 4.79 Å². The maximum absolute atomic E-state index is 12.8. The number of sulfonamides is 1. The quantitative estimate of drug-likeness (QED) is 0.336. The van der Waals surface area contributed by atoms with E-state index < -0.39 is 21.7 Å². The second-order valence-electron chi connectivity index (χ2n) is 15.8. The Morgan fingerprint density at radius 1 is 1.07 bits per heavy atom. The summed E-state index contributed by atoms with van der Waals surface area (Å²) in [5.41, 5.74) is -0.286.